The molecule has 3 aliphatic heterocycles. The van der Waals surface area contributed by atoms with Crippen LogP contribution in [0.2, 0.25) is 0 Å². The number of ether oxygens (including phenoxy) is 1. The molecule has 2 N–H and O–H groups in total. The summed E-state index contributed by atoms with van der Waals surface area (Å²) in [5.41, 5.74) is -1.57. The number of nitrogens with zero attached hydrogens (tertiary/aromatic N) is 4. The van der Waals surface area contributed by atoms with Crippen molar-refractivity contribution in [3.8, 4) is 0 Å². The molecule has 0 aliphatic carbocycles. The lowest BCUT2D eigenvalue weighted by atomic mass is 9.89. The van der Waals surface area contributed by atoms with Crippen molar-refractivity contribution in [2.45, 2.75) is 31.2 Å². The van der Waals surface area contributed by atoms with Crippen LogP contribution in [0.25, 0.3) is 0 Å². The number of alkyl halides is 3. The van der Waals surface area contributed by atoms with Crippen molar-refractivity contribution in [2.24, 2.45) is 0 Å². The van der Waals surface area contributed by atoms with E-state index in [2.05, 4.69) is 20.6 Å². The van der Waals surface area contributed by atoms with Gasteiger partial charge in [0.2, 0.25) is 5.91 Å². The van der Waals surface area contributed by atoms with E-state index < -0.39 is 17.4 Å². The number of aromatic nitrogens is 2. The predicted octanol–water partition coefficient (Wildman–Crippen LogP) is 0.341. The Bertz CT molecular complexity index is 758. The van der Waals surface area contributed by atoms with Crippen molar-refractivity contribution >= 4 is 11.7 Å². The second-order valence-corrected chi connectivity index (χ2v) is 7.91. The van der Waals surface area contributed by atoms with Gasteiger partial charge in [-0.15, -0.1) is 0 Å². The molecule has 0 unspecified atom stereocenters. The molecule has 0 bridgehead atoms. The highest BCUT2D eigenvalue weighted by molar-refractivity contribution is 5.77. The average Bonchev–Trinajstić information content (AvgIpc) is 2.64. The van der Waals surface area contributed by atoms with Crippen LogP contribution in [0.15, 0.2) is 6.07 Å². The van der Waals surface area contributed by atoms with E-state index in [1.165, 1.54) is 0 Å². The second kappa shape index (κ2) is 7.69. The zero-order valence-electron chi connectivity index (χ0n) is 16.3. The average molecular weight is 414 g/mol. The fourth-order valence-electron chi connectivity index (χ4n) is 3.60. The lowest BCUT2D eigenvalue weighted by Gasteiger charge is -2.42. The quantitative estimate of drug-likeness (QED) is 0.719. The van der Waals surface area contributed by atoms with E-state index in [0.717, 1.165) is 25.7 Å². The van der Waals surface area contributed by atoms with Crippen molar-refractivity contribution in [3.63, 3.8) is 0 Å². The summed E-state index contributed by atoms with van der Waals surface area (Å²) in [6, 6.07) is 0.980. The standard InChI is InChI=1S/C18H25F3N6O2/c1-17(2-3-23-17)16-24-13(18(19,20)21)8-14(25-16)27-9-12(10-27)29-11-15(28)26-6-4-22-5-7-26/h8,12,22-23H,2-7,9-11H2,1H3/t17-/m0/s1. The van der Waals surface area contributed by atoms with Crippen LogP contribution in [0.3, 0.4) is 0 Å². The third-order valence-electron chi connectivity index (χ3n) is 5.72. The predicted molar refractivity (Wildman–Crippen MR) is 98.4 cm³/mol. The van der Waals surface area contributed by atoms with Crippen molar-refractivity contribution in [1.29, 1.82) is 0 Å². The minimum absolute atomic E-state index is 0.0106. The van der Waals surface area contributed by atoms with Crippen LogP contribution in [-0.4, -0.2) is 79.3 Å². The highest BCUT2D eigenvalue weighted by Gasteiger charge is 2.41. The van der Waals surface area contributed by atoms with E-state index in [9.17, 15) is 18.0 Å². The maximum Gasteiger partial charge on any atom is 0.433 e. The number of anilines is 1. The van der Waals surface area contributed by atoms with Crippen molar-refractivity contribution in [1.82, 2.24) is 25.5 Å². The van der Waals surface area contributed by atoms with E-state index in [1.54, 1.807) is 16.7 Å². The van der Waals surface area contributed by atoms with Gasteiger partial charge < -0.3 is 25.2 Å². The zero-order valence-corrected chi connectivity index (χ0v) is 16.3. The highest BCUT2D eigenvalue weighted by atomic mass is 19.4. The number of hydrogen-bond donors (Lipinski definition) is 2. The Morgan fingerprint density at radius 3 is 2.55 bits per heavy atom. The maximum atomic E-state index is 13.3. The summed E-state index contributed by atoms with van der Waals surface area (Å²) < 4.78 is 45.6. The zero-order chi connectivity index (χ0) is 20.6. The van der Waals surface area contributed by atoms with Gasteiger partial charge in [0.05, 0.1) is 11.6 Å². The molecule has 160 valence electrons. The molecule has 3 saturated heterocycles. The largest absolute Gasteiger partial charge is 0.433 e. The van der Waals surface area contributed by atoms with Gasteiger partial charge in [0.25, 0.3) is 0 Å². The minimum Gasteiger partial charge on any atom is -0.365 e. The normalized spacial score (nSPS) is 25.5. The van der Waals surface area contributed by atoms with Gasteiger partial charge in [-0.3, -0.25) is 4.79 Å². The van der Waals surface area contributed by atoms with Crippen LogP contribution >= 0.6 is 0 Å². The van der Waals surface area contributed by atoms with Crippen LogP contribution in [0.5, 0.6) is 0 Å². The molecular weight excluding hydrogens is 389 g/mol. The highest BCUT2D eigenvalue weighted by Crippen LogP contribution is 2.35. The molecule has 0 spiro atoms. The van der Waals surface area contributed by atoms with Crippen molar-refractivity contribution < 1.29 is 22.7 Å². The van der Waals surface area contributed by atoms with Gasteiger partial charge in [-0.05, 0) is 19.9 Å². The summed E-state index contributed by atoms with van der Waals surface area (Å²) in [7, 11) is 0. The third-order valence-corrected chi connectivity index (χ3v) is 5.72. The molecule has 1 atom stereocenters. The van der Waals surface area contributed by atoms with E-state index >= 15 is 0 Å². The summed E-state index contributed by atoms with van der Waals surface area (Å²) in [6.45, 7) is 6.18. The molecule has 11 heteroatoms. The number of rotatable bonds is 5. The van der Waals surface area contributed by atoms with E-state index in [0.29, 0.717) is 32.6 Å². The Balaban J connectivity index is 1.37. The summed E-state index contributed by atoms with van der Waals surface area (Å²) in [6.07, 6.45) is -4.05. The molecular formula is C18H25F3N6O2. The molecule has 3 aliphatic rings. The van der Waals surface area contributed by atoms with E-state index in [-0.39, 0.29) is 30.3 Å². The van der Waals surface area contributed by atoms with Crippen LogP contribution in [0.1, 0.15) is 24.9 Å². The summed E-state index contributed by atoms with van der Waals surface area (Å²) >= 11 is 0. The summed E-state index contributed by atoms with van der Waals surface area (Å²) in [4.78, 5) is 23.8. The molecule has 1 amide bonds. The van der Waals surface area contributed by atoms with Gasteiger partial charge >= 0.3 is 6.18 Å². The van der Waals surface area contributed by atoms with Crippen molar-refractivity contribution in [3.05, 3.63) is 17.6 Å². The number of amides is 1. The topological polar surface area (TPSA) is 82.6 Å². The van der Waals surface area contributed by atoms with Gasteiger partial charge in [-0.25, -0.2) is 9.97 Å². The van der Waals surface area contributed by atoms with Gasteiger partial charge in [-0.1, -0.05) is 0 Å². The number of halogens is 3. The third kappa shape index (κ3) is 4.31. The smallest absolute Gasteiger partial charge is 0.365 e. The molecule has 4 heterocycles. The number of carbonyl (C=O) groups excluding carboxylic acids is 1. The molecule has 1 aromatic heterocycles. The monoisotopic (exact) mass is 414 g/mol. The Morgan fingerprint density at radius 2 is 1.97 bits per heavy atom. The Morgan fingerprint density at radius 1 is 1.28 bits per heavy atom. The first kappa shape index (κ1) is 20.3. The fourth-order valence-corrected chi connectivity index (χ4v) is 3.60. The molecule has 4 rings (SSSR count). The van der Waals surface area contributed by atoms with Gasteiger partial charge in [0.1, 0.15) is 18.1 Å². The first-order chi connectivity index (χ1) is 13.7. The lowest BCUT2D eigenvalue weighted by Crippen LogP contribution is -2.55. The van der Waals surface area contributed by atoms with Crippen LogP contribution in [0, 0.1) is 0 Å². The van der Waals surface area contributed by atoms with E-state index in [1.807, 2.05) is 0 Å². The molecule has 3 fully saturated rings. The van der Waals surface area contributed by atoms with E-state index in [4.69, 9.17) is 4.74 Å². The van der Waals surface area contributed by atoms with Crippen LogP contribution < -0.4 is 15.5 Å². The lowest BCUT2D eigenvalue weighted by molar-refractivity contribution is -0.141. The maximum absolute atomic E-state index is 13.3. The first-order valence-electron chi connectivity index (χ1n) is 9.81. The van der Waals surface area contributed by atoms with Gasteiger partial charge in [0.15, 0.2) is 5.82 Å². The SMILES string of the molecule is C[C@@]1(c2nc(N3CC(OCC(=O)N4CCNCC4)C3)cc(C(F)(F)F)n2)CCN1. The minimum atomic E-state index is -4.54. The summed E-state index contributed by atoms with van der Waals surface area (Å²) in [5.74, 6) is 0.343. The first-order valence-corrected chi connectivity index (χ1v) is 9.81. The number of nitrogens with one attached hydrogen (secondary N) is 2. The van der Waals surface area contributed by atoms with Gasteiger partial charge in [0, 0.05) is 45.3 Å². The Kier molecular flexibility index (Phi) is 5.38. The second-order valence-electron chi connectivity index (χ2n) is 7.91. The molecule has 0 radical (unpaired) electrons. The number of carbonyl (C=O) groups is 1. The fraction of sp³-hybridized carbons (Fsp3) is 0.722. The number of piperazine rings is 1. The molecule has 8 nitrogen and oxygen atoms in total. The Hall–Kier alpha value is -1.98. The molecule has 1 aromatic rings. The molecule has 29 heavy (non-hydrogen) atoms. The molecule has 0 aromatic carbocycles. The Labute approximate surface area is 166 Å². The molecule has 0 saturated carbocycles. The number of hydrogen-bond acceptors (Lipinski definition) is 7. The van der Waals surface area contributed by atoms with Crippen LogP contribution in [0.4, 0.5) is 19.0 Å². The summed E-state index contributed by atoms with van der Waals surface area (Å²) in [5, 5.41) is 6.29. The van der Waals surface area contributed by atoms with Crippen molar-refractivity contribution in [2.75, 3.05) is 57.3 Å². The van der Waals surface area contributed by atoms with Gasteiger partial charge in [-0.2, -0.15) is 13.2 Å². The van der Waals surface area contributed by atoms with Crippen LogP contribution in [-0.2, 0) is 21.2 Å².